The van der Waals surface area contributed by atoms with Crippen LogP contribution in [0.15, 0.2) is 123 Å². The van der Waals surface area contributed by atoms with Crippen molar-refractivity contribution in [2.75, 3.05) is 0 Å². The number of fused-ring (bicyclic) bond motifs is 3. The molecule has 0 bridgehead atoms. The molecule has 0 aliphatic carbocycles. The summed E-state index contributed by atoms with van der Waals surface area (Å²) in [5, 5.41) is 4.77. The van der Waals surface area contributed by atoms with Gasteiger partial charge in [0.2, 0.25) is 0 Å². The van der Waals surface area contributed by atoms with E-state index in [9.17, 15) is 0 Å². The molecule has 0 heteroatoms. The summed E-state index contributed by atoms with van der Waals surface area (Å²) in [5.41, 5.74) is 11.3. The highest BCUT2D eigenvalue weighted by Gasteiger charge is 2.18. The zero-order valence-electron chi connectivity index (χ0n) is 23.4. The predicted octanol–water partition coefficient (Wildman–Crippen LogP) is 11.9. The van der Waals surface area contributed by atoms with Crippen molar-refractivity contribution in [3.8, 4) is 22.3 Å². The highest BCUT2D eigenvalue weighted by atomic mass is 14.2. The van der Waals surface area contributed by atoms with Crippen LogP contribution in [0.4, 0.5) is 0 Å². The van der Waals surface area contributed by atoms with Crippen LogP contribution >= 0.6 is 0 Å². The molecule has 5 rings (SSSR count). The van der Waals surface area contributed by atoms with Gasteiger partial charge in [0.05, 0.1) is 0 Å². The Bertz CT molecular complexity index is 1870. The van der Waals surface area contributed by atoms with Crippen LogP contribution in [0.2, 0.25) is 0 Å². The SMILES string of the molecule is C=Cc1cccc(-c2cc3c(cc(-c4cccc(C(/C=C\C)=C/C)c4)c4ccccc43)c(C=C)c2C=C)c1C=C. The average Bonchev–Trinajstić information content (AvgIpc) is 3.01. The van der Waals surface area contributed by atoms with E-state index in [1.165, 1.54) is 38.4 Å². The van der Waals surface area contributed by atoms with E-state index >= 15 is 0 Å². The number of hydrogen-bond donors (Lipinski definition) is 0. The van der Waals surface area contributed by atoms with E-state index in [2.05, 4.69) is 137 Å². The normalized spacial score (nSPS) is 11.7. The minimum absolute atomic E-state index is 1.06. The van der Waals surface area contributed by atoms with E-state index < -0.39 is 0 Å². The van der Waals surface area contributed by atoms with E-state index in [1.807, 2.05) is 24.3 Å². The summed E-state index contributed by atoms with van der Waals surface area (Å²) in [7, 11) is 0. The van der Waals surface area contributed by atoms with Gasteiger partial charge in [0.25, 0.3) is 0 Å². The van der Waals surface area contributed by atoms with Crippen LogP contribution < -0.4 is 0 Å². The van der Waals surface area contributed by atoms with Crippen LogP contribution in [-0.2, 0) is 0 Å². The van der Waals surface area contributed by atoms with E-state index in [0.717, 1.165) is 38.8 Å². The van der Waals surface area contributed by atoms with Crippen LogP contribution in [0.25, 0.3) is 73.7 Å². The van der Waals surface area contributed by atoms with Crippen molar-refractivity contribution >= 4 is 51.4 Å². The molecule has 5 aromatic rings. The van der Waals surface area contributed by atoms with Crippen LogP contribution in [0.3, 0.4) is 0 Å². The number of allylic oxidation sites excluding steroid dienone is 4. The summed E-state index contributed by atoms with van der Waals surface area (Å²) in [6.07, 6.45) is 14.1. The van der Waals surface area contributed by atoms with E-state index in [1.54, 1.807) is 0 Å². The maximum atomic E-state index is 4.25. The molecule has 0 fully saturated rings. The maximum Gasteiger partial charge on any atom is -0.00923 e. The Morgan fingerprint density at radius 2 is 1.25 bits per heavy atom. The molecule has 0 spiro atoms. The first kappa shape index (κ1) is 26.7. The Hall–Kier alpha value is -4.94. The smallest absolute Gasteiger partial charge is 0.00923 e. The highest BCUT2D eigenvalue weighted by molar-refractivity contribution is 6.18. The fraction of sp³-hybridized carbons (Fsp3) is 0.0500. The summed E-state index contributed by atoms with van der Waals surface area (Å²) in [5.74, 6) is 0. The second-order valence-electron chi connectivity index (χ2n) is 9.77. The third-order valence-corrected chi connectivity index (χ3v) is 7.67. The number of rotatable bonds is 8. The summed E-state index contributed by atoms with van der Waals surface area (Å²) in [6.45, 7) is 20.8. The molecular weight excluding hydrogens is 480 g/mol. The summed E-state index contributed by atoms with van der Waals surface area (Å²) >= 11 is 0. The van der Waals surface area contributed by atoms with Crippen molar-refractivity contribution in [3.63, 3.8) is 0 Å². The number of hydrogen-bond acceptors (Lipinski definition) is 0. The average molecular weight is 515 g/mol. The Morgan fingerprint density at radius 1 is 0.550 bits per heavy atom. The quantitative estimate of drug-likeness (QED) is 0.143. The van der Waals surface area contributed by atoms with E-state index in [-0.39, 0.29) is 0 Å². The van der Waals surface area contributed by atoms with Crippen molar-refractivity contribution in [1.29, 1.82) is 0 Å². The molecule has 0 aliphatic rings. The van der Waals surface area contributed by atoms with E-state index in [0.29, 0.717) is 0 Å². The van der Waals surface area contributed by atoms with Crippen molar-refractivity contribution in [2.45, 2.75) is 13.8 Å². The van der Waals surface area contributed by atoms with Gasteiger partial charge in [-0.25, -0.2) is 0 Å². The predicted molar refractivity (Wildman–Crippen MR) is 181 cm³/mol. The fourth-order valence-electron chi connectivity index (χ4n) is 5.82. The first-order valence-electron chi connectivity index (χ1n) is 13.7. The zero-order chi connectivity index (χ0) is 28.2. The van der Waals surface area contributed by atoms with E-state index in [4.69, 9.17) is 0 Å². The molecule has 5 aromatic carbocycles. The van der Waals surface area contributed by atoms with Crippen LogP contribution in [0.1, 0.15) is 41.7 Å². The largest absolute Gasteiger partial charge is 0.0984 e. The van der Waals surface area contributed by atoms with Gasteiger partial charge in [0.15, 0.2) is 0 Å². The Kier molecular flexibility index (Phi) is 7.62. The Labute approximate surface area is 238 Å². The van der Waals surface area contributed by atoms with Crippen LogP contribution in [0, 0.1) is 0 Å². The third-order valence-electron chi connectivity index (χ3n) is 7.67. The minimum atomic E-state index is 1.06. The van der Waals surface area contributed by atoms with Gasteiger partial charge < -0.3 is 0 Å². The van der Waals surface area contributed by atoms with Gasteiger partial charge in [-0.15, -0.1) is 0 Å². The van der Waals surface area contributed by atoms with Crippen molar-refractivity contribution in [2.24, 2.45) is 0 Å². The third kappa shape index (κ3) is 4.48. The Morgan fingerprint density at radius 3 is 1.93 bits per heavy atom. The highest BCUT2D eigenvalue weighted by Crippen LogP contribution is 2.43. The van der Waals surface area contributed by atoms with Gasteiger partial charge >= 0.3 is 0 Å². The van der Waals surface area contributed by atoms with Gasteiger partial charge in [-0.3, -0.25) is 0 Å². The first-order chi connectivity index (χ1) is 19.6. The molecule has 0 saturated heterocycles. The molecule has 0 amide bonds. The summed E-state index contributed by atoms with van der Waals surface area (Å²) in [4.78, 5) is 0. The standard InChI is InChI=1S/C40H34/c1-7-17-27(8-2)29-19-15-20-30(24-29)37-25-39-33(12-6)32(11-5)38(26-40(39)36-22-14-13-21-35(36)37)34-23-16-18-28(9-3)31(34)10-4/h7-26H,3-6H2,1-2H3/b17-7-,27-8+. The first-order valence-corrected chi connectivity index (χ1v) is 13.7. The lowest BCUT2D eigenvalue weighted by Crippen LogP contribution is -1.95. The van der Waals surface area contributed by atoms with Gasteiger partial charge in [-0.1, -0.05) is 130 Å². The Balaban J connectivity index is 1.89. The molecule has 0 heterocycles. The second-order valence-corrected chi connectivity index (χ2v) is 9.77. The van der Waals surface area contributed by atoms with Crippen LogP contribution in [-0.4, -0.2) is 0 Å². The molecule has 40 heavy (non-hydrogen) atoms. The van der Waals surface area contributed by atoms with Gasteiger partial charge in [-0.05, 0) is 109 Å². The molecule has 0 atom stereocenters. The molecule has 194 valence electrons. The molecule has 0 unspecified atom stereocenters. The lowest BCUT2D eigenvalue weighted by molar-refractivity contribution is 1.56. The molecule has 0 nitrogen and oxygen atoms in total. The second kappa shape index (κ2) is 11.4. The molecule has 0 radical (unpaired) electrons. The van der Waals surface area contributed by atoms with Crippen molar-refractivity contribution < 1.29 is 0 Å². The van der Waals surface area contributed by atoms with Gasteiger partial charge in [-0.2, -0.15) is 0 Å². The van der Waals surface area contributed by atoms with Crippen LogP contribution in [0.5, 0.6) is 0 Å². The van der Waals surface area contributed by atoms with Crippen molar-refractivity contribution in [3.05, 3.63) is 151 Å². The monoisotopic (exact) mass is 514 g/mol. The molecule has 0 aromatic heterocycles. The molecular formula is C40H34. The van der Waals surface area contributed by atoms with Crippen molar-refractivity contribution in [1.82, 2.24) is 0 Å². The molecule has 0 N–H and O–H groups in total. The molecule has 0 aliphatic heterocycles. The lowest BCUT2D eigenvalue weighted by Gasteiger charge is -2.19. The summed E-state index contributed by atoms with van der Waals surface area (Å²) in [6, 6.07) is 28.4. The summed E-state index contributed by atoms with van der Waals surface area (Å²) < 4.78 is 0. The van der Waals surface area contributed by atoms with Gasteiger partial charge in [0, 0.05) is 0 Å². The van der Waals surface area contributed by atoms with Gasteiger partial charge in [0.1, 0.15) is 0 Å². The number of benzene rings is 5. The lowest BCUT2D eigenvalue weighted by atomic mass is 9.84. The zero-order valence-corrected chi connectivity index (χ0v) is 23.4. The topological polar surface area (TPSA) is 0 Å². The maximum absolute atomic E-state index is 4.25. The fourth-order valence-corrected chi connectivity index (χ4v) is 5.82. The minimum Gasteiger partial charge on any atom is -0.0984 e. The molecule has 0 saturated carbocycles.